The van der Waals surface area contributed by atoms with Gasteiger partial charge in [-0.05, 0) is 34.5 Å². The molecule has 0 amide bonds. The molecule has 2 heterocycles. The predicted molar refractivity (Wildman–Crippen MR) is 58.0 cm³/mol. The number of pyridine rings is 1. The Morgan fingerprint density at radius 2 is 2.08 bits per heavy atom. The van der Waals surface area contributed by atoms with E-state index in [4.69, 9.17) is 0 Å². The summed E-state index contributed by atoms with van der Waals surface area (Å²) in [6.07, 6.45) is 6.19. The third-order valence-corrected chi connectivity index (χ3v) is 2.57. The molecule has 2 nitrogen and oxygen atoms in total. The molecule has 0 fully saturated rings. The minimum atomic E-state index is 0.982. The summed E-state index contributed by atoms with van der Waals surface area (Å²) in [5.74, 6) is 1.09. The molecule has 0 aliphatic carbocycles. The molecule has 13 heavy (non-hydrogen) atoms. The van der Waals surface area contributed by atoms with Crippen molar-refractivity contribution < 1.29 is 0 Å². The Balaban J connectivity index is 2.30. The Labute approximate surface area is 86.4 Å². The van der Waals surface area contributed by atoms with Crippen LogP contribution in [0.15, 0.2) is 28.9 Å². The maximum Gasteiger partial charge on any atom is 0.132 e. The molecule has 1 aromatic heterocycles. The largest absolute Gasteiger partial charge is 0.349 e. The first kappa shape index (κ1) is 8.75. The highest BCUT2D eigenvalue weighted by molar-refractivity contribution is 9.10. The smallest absolute Gasteiger partial charge is 0.132 e. The predicted octanol–water partition coefficient (Wildman–Crippen LogP) is 2.53. The third kappa shape index (κ3) is 1.75. The Morgan fingerprint density at radius 3 is 2.69 bits per heavy atom. The van der Waals surface area contributed by atoms with E-state index in [0.717, 1.165) is 23.4 Å². The van der Waals surface area contributed by atoms with Crippen molar-refractivity contribution >= 4 is 21.7 Å². The van der Waals surface area contributed by atoms with E-state index in [1.807, 2.05) is 6.20 Å². The summed E-state index contributed by atoms with van der Waals surface area (Å²) in [5.41, 5.74) is 1.22. The highest BCUT2D eigenvalue weighted by Gasteiger charge is 2.11. The quantitative estimate of drug-likeness (QED) is 0.700. The van der Waals surface area contributed by atoms with Gasteiger partial charge in [-0.3, -0.25) is 0 Å². The topological polar surface area (TPSA) is 16.1 Å². The number of anilines is 1. The second-order valence-corrected chi connectivity index (χ2v) is 4.09. The van der Waals surface area contributed by atoms with Crippen LogP contribution in [0.3, 0.4) is 0 Å². The van der Waals surface area contributed by atoms with Crippen molar-refractivity contribution in [1.29, 1.82) is 0 Å². The fourth-order valence-corrected chi connectivity index (χ4v) is 1.96. The number of hydrogen-bond donors (Lipinski definition) is 0. The van der Waals surface area contributed by atoms with Gasteiger partial charge < -0.3 is 4.90 Å². The van der Waals surface area contributed by atoms with Crippen molar-refractivity contribution in [3.8, 4) is 0 Å². The average molecular weight is 239 g/mol. The summed E-state index contributed by atoms with van der Waals surface area (Å²) >= 11 is 3.41. The van der Waals surface area contributed by atoms with Gasteiger partial charge in [-0.1, -0.05) is 12.2 Å². The lowest BCUT2D eigenvalue weighted by atomic mass is 10.3. The lowest BCUT2D eigenvalue weighted by molar-refractivity contribution is 0.956. The molecule has 0 radical (unpaired) electrons. The first-order valence-electron chi connectivity index (χ1n) is 4.29. The number of halogens is 1. The molecule has 0 saturated heterocycles. The number of nitrogens with zero attached hydrogens (tertiary/aromatic N) is 2. The van der Waals surface area contributed by atoms with Crippen LogP contribution in [0, 0.1) is 6.92 Å². The highest BCUT2D eigenvalue weighted by Crippen LogP contribution is 2.21. The summed E-state index contributed by atoms with van der Waals surface area (Å²) in [6.45, 7) is 4.05. The summed E-state index contributed by atoms with van der Waals surface area (Å²) in [5, 5.41) is 0. The Morgan fingerprint density at radius 1 is 1.38 bits per heavy atom. The van der Waals surface area contributed by atoms with Crippen molar-refractivity contribution in [1.82, 2.24) is 4.98 Å². The van der Waals surface area contributed by atoms with Gasteiger partial charge in [-0.25, -0.2) is 4.98 Å². The van der Waals surface area contributed by atoms with E-state index < -0.39 is 0 Å². The minimum absolute atomic E-state index is 0.982. The van der Waals surface area contributed by atoms with Crippen LogP contribution in [-0.2, 0) is 0 Å². The van der Waals surface area contributed by atoms with E-state index in [0.29, 0.717) is 0 Å². The van der Waals surface area contributed by atoms with Crippen LogP contribution in [0.5, 0.6) is 0 Å². The molecule has 1 aliphatic heterocycles. The van der Waals surface area contributed by atoms with Gasteiger partial charge in [0.2, 0.25) is 0 Å². The summed E-state index contributed by atoms with van der Waals surface area (Å²) in [4.78, 5) is 6.65. The average Bonchev–Trinajstić information content (AvgIpc) is 2.56. The molecule has 2 rings (SSSR count). The molecule has 3 heteroatoms. The Bertz CT molecular complexity index is 339. The monoisotopic (exact) mass is 238 g/mol. The summed E-state index contributed by atoms with van der Waals surface area (Å²) in [7, 11) is 0. The summed E-state index contributed by atoms with van der Waals surface area (Å²) < 4.78 is 1.04. The number of rotatable bonds is 1. The molecule has 68 valence electrons. The van der Waals surface area contributed by atoms with Crippen molar-refractivity contribution in [2.45, 2.75) is 6.92 Å². The molecule has 0 unspecified atom stereocenters. The SMILES string of the molecule is Cc1cc(Br)cnc1N1CC=CC1. The van der Waals surface area contributed by atoms with Gasteiger partial charge in [0, 0.05) is 23.8 Å². The molecule has 0 spiro atoms. The van der Waals surface area contributed by atoms with E-state index in [-0.39, 0.29) is 0 Å². The number of aromatic nitrogens is 1. The van der Waals surface area contributed by atoms with E-state index in [9.17, 15) is 0 Å². The van der Waals surface area contributed by atoms with Crippen LogP contribution in [0.4, 0.5) is 5.82 Å². The molecule has 1 aliphatic rings. The van der Waals surface area contributed by atoms with Gasteiger partial charge in [-0.15, -0.1) is 0 Å². The van der Waals surface area contributed by atoms with Crippen LogP contribution in [0.25, 0.3) is 0 Å². The standard InChI is InChI=1S/C10H11BrN2/c1-8-6-9(11)7-12-10(8)13-4-2-3-5-13/h2-3,6-7H,4-5H2,1H3. The van der Waals surface area contributed by atoms with E-state index in [1.165, 1.54) is 5.56 Å². The first-order valence-corrected chi connectivity index (χ1v) is 5.09. The third-order valence-electron chi connectivity index (χ3n) is 2.14. The zero-order valence-corrected chi connectivity index (χ0v) is 9.08. The van der Waals surface area contributed by atoms with Crippen LogP contribution in [0.1, 0.15) is 5.56 Å². The molecule has 0 saturated carbocycles. The van der Waals surface area contributed by atoms with E-state index in [2.05, 4.69) is 51.0 Å². The minimum Gasteiger partial charge on any atom is -0.349 e. The number of hydrogen-bond acceptors (Lipinski definition) is 2. The van der Waals surface area contributed by atoms with Crippen LogP contribution >= 0.6 is 15.9 Å². The Hall–Kier alpha value is -0.830. The van der Waals surface area contributed by atoms with Crippen LogP contribution in [-0.4, -0.2) is 18.1 Å². The zero-order valence-electron chi connectivity index (χ0n) is 7.50. The summed E-state index contributed by atoms with van der Waals surface area (Å²) in [6, 6.07) is 2.10. The fraction of sp³-hybridized carbons (Fsp3) is 0.300. The second kappa shape index (κ2) is 3.50. The van der Waals surface area contributed by atoms with Crippen LogP contribution in [0.2, 0.25) is 0 Å². The first-order chi connectivity index (χ1) is 6.27. The van der Waals surface area contributed by atoms with Gasteiger partial charge >= 0.3 is 0 Å². The van der Waals surface area contributed by atoms with E-state index in [1.54, 1.807) is 0 Å². The number of aryl methyl sites for hydroxylation is 1. The van der Waals surface area contributed by atoms with Crippen molar-refractivity contribution in [3.05, 3.63) is 34.5 Å². The van der Waals surface area contributed by atoms with Gasteiger partial charge in [0.1, 0.15) is 5.82 Å². The van der Waals surface area contributed by atoms with E-state index >= 15 is 0 Å². The fourth-order valence-electron chi connectivity index (χ4n) is 1.52. The lowest BCUT2D eigenvalue weighted by Gasteiger charge is -2.18. The van der Waals surface area contributed by atoms with Crippen molar-refractivity contribution in [2.75, 3.05) is 18.0 Å². The van der Waals surface area contributed by atoms with Gasteiger partial charge in [0.25, 0.3) is 0 Å². The second-order valence-electron chi connectivity index (χ2n) is 3.17. The highest BCUT2D eigenvalue weighted by atomic mass is 79.9. The molecule has 0 N–H and O–H groups in total. The van der Waals surface area contributed by atoms with Gasteiger partial charge in [-0.2, -0.15) is 0 Å². The maximum absolute atomic E-state index is 4.40. The van der Waals surface area contributed by atoms with Crippen molar-refractivity contribution in [3.63, 3.8) is 0 Å². The lowest BCUT2D eigenvalue weighted by Crippen LogP contribution is -2.20. The molecular weight excluding hydrogens is 228 g/mol. The molecule has 0 bridgehead atoms. The normalized spacial score (nSPS) is 15.4. The maximum atomic E-state index is 4.40. The van der Waals surface area contributed by atoms with Crippen LogP contribution < -0.4 is 4.90 Å². The molecule has 0 atom stereocenters. The molecule has 1 aromatic rings. The van der Waals surface area contributed by atoms with Crippen molar-refractivity contribution in [2.24, 2.45) is 0 Å². The zero-order chi connectivity index (χ0) is 9.26. The molecule has 0 aromatic carbocycles. The molecular formula is C10H11BrN2. The Kier molecular flexibility index (Phi) is 2.36. The van der Waals surface area contributed by atoms with Gasteiger partial charge in [0.05, 0.1) is 0 Å². The van der Waals surface area contributed by atoms with Gasteiger partial charge in [0.15, 0.2) is 0 Å².